The third-order valence-corrected chi connectivity index (χ3v) is 4.81. The monoisotopic (exact) mass is 328 g/mol. The molecule has 4 nitrogen and oxygen atoms in total. The van der Waals surface area contributed by atoms with Gasteiger partial charge in [0, 0.05) is 11.6 Å². The zero-order valence-electron chi connectivity index (χ0n) is 12.5. The number of sulfonamides is 1. The van der Waals surface area contributed by atoms with E-state index in [1.54, 1.807) is 6.07 Å². The molecule has 0 bridgehead atoms. The Morgan fingerprint density at radius 2 is 2.00 bits per heavy atom. The van der Waals surface area contributed by atoms with E-state index < -0.39 is 10.0 Å². The van der Waals surface area contributed by atoms with Crippen molar-refractivity contribution in [1.29, 1.82) is 0 Å². The predicted octanol–water partition coefficient (Wildman–Crippen LogP) is 2.36. The molecule has 116 valence electrons. The van der Waals surface area contributed by atoms with Crippen molar-refractivity contribution >= 4 is 21.6 Å². The number of benzene rings is 1. The van der Waals surface area contributed by atoms with Crippen LogP contribution in [0.4, 0.5) is 0 Å². The zero-order chi connectivity index (χ0) is 16.0. The van der Waals surface area contributed by atoms with Gasteiger partial charge in [-0.3, -0.25) is 0 Å². The summed E-state index contributed by atoms with van der Waals surface area (Å²) in [5, 5.41) is 0.156. The Bertz CT molecular complexity index is 645. The fourth-order valence-electron chi connectivity index (χ4n) is 2.03. The fourth-order valence-corrected chi connectivity index (χ4v) is 3.83. The van der Waals surface area contributed by atoms with E-state index in [0.29, 0.717) is 11.5 Å². The summed E-state index contributed by atoms with van der Waals surface area (Å²) in [6, 6.07) is 4.47. The van der Waals surface area contributed by atoms with Crippen molar-refractivity contribution in [2.24, 2.45) is 11.7 Å². The van der Waals surface area contributed by atoms with Gasteiger partial charge >= 0.3 is 0 Å². The van der Waals surface area contributed by atoms with E-state index >= 15 is 0 Å². The molecule has 0 spiro atoms. The van der Waals surface area contributed by atoms with Crippen molar-refractivity contribution in [1.82, 2.24) is 4.72 Å². The second kappa shape index (κ2) is 7.81. The summed E-state index contributed by atoms with van der Waals surface area (Å²) in [6.45, 7) is 6.17. The van der Waals surface area contributed by atoms with Crippen LogP contribution in [0.15, 0.2) is 23.1 Å². The summed E-state index contributed by atoms with van der Waals surface area (Å²) in [4.78, 5) is 0.0677. The van der Waals surface area contributed by atoms with Gasteiger partial charge in [0.1, 0.15) is 4.90 Å². The molecule has 1 atom stereocenters. The smallest absolute Gasteiger partial charge is 0.242 e. The molecule has 3 N–H and O–H groups in total. The molecule has 0 radical (unpaired) electrons. The average molecular weight is 329 g/mol. The molecule has 1 unspecified atom stereocenters. The molecule has 0 aliphatic rings. The van der Waals surface area contributed by atoms with Crippen molar-refractivity contribution in [2.45, 2.75) is 38.1 Å². The van der Waals surface area contributed by atoms with Crippen LogP contribution in [0.5, 0.6) is 0 Å². The standard InChI is InChI=1S/C15H21ClN2O2S/c1-11(2)9-12(3)18-21(19,20)15-7-6-13(5-4-8-17)10-14(15)16/h6-7,10-12,18H,8-9,17H2,1-3H3. The van der Waals surface area contributed by atoms with Gasteiger partial charge in [0.15, 0.2) is 0 Å². The lowest BCUT2D eigenvalue weighted by Crippen LogP contribution is -2.33. The van der Waals surface area contributed by atoms with E-state index in [9.17, 15) is 8.42 Å². The molecule has 0 heterocycles. The molecule has 0 aromatic heterocycles. The first-order valence-electron chi connectivity index (χ1n) is 6.77. The molecular formula is C15H21ClN2O2S. The Balaban J connectivity index is 2.98. The highest BCUT2D eigenvalue weighted by Gasteiger charge is 2.20. The molecule has 21 heavy (non-hydrogen) atoms. The highest BCUT2D eigenvalue weighted by molar-refractivity contribution is 7.89. The molecule has 0 fully saturated rings. The lowest BCUT2D eigenvalue weighted by atomic mass is 10.1. The van der Waals surface area contributed by atoms with Crippen molar-refractivity contribution in [3.63, 3.8) is 0 Å². The lowest BCUT2D eigenvalue weighted by molar-refractivity contribution is 0.482. The number of nitrogens with two attached hydrogens (primary N) is 1. The van der Waals surface area contributed by atoms with Crippen LogP contribution in [0.3, 0.4) is 0 Å². The third kappa shape index (κ3) is 5.68. The highest BCUT2D eigenvalue weighted by atomic mass is 35.5. The second-order valence-electron chi connectivity index (χ2n) is 5.30. The zero-order valence-corrected chi connectivity index (χ0v) is 14.1. The van der Waals surface area contributed by atoms with E-state index in [1.807, 2.05) is 20.8 Å². The normalized spacial score (nSPS) is 12.9. The lowest BCUT2D eigenvalue weighted by Gasteiger charge is -2.16. The molecule has 0 aliphatic heterocycles. The van der Waals surface area contributed by atoms with Crippen LogP contribution in [0.2, 0.25) is 5.02 Å². The molecule has 1 aromatic rings. The third-order valence-electron chi connectivity index (χ3n) is 2.74. The topological polar surface area (TPSA) is 72.2 Å². The Morgan fingerprint density at radius 3 is 2.52 bits per heavy atom. The molecule has 0 saturated carbocycles. The van der Waals surface area contributed by atoms with Gasteiger partial charge in [-0.25, -0.2) is 13.1 Å². The van der Waals surface area contributed by atoms with Crippen LogP contribution in [-0.2, 0) is 10.0 Å². The minimum Gasteiger partial charge on any atom is -0.320 e. The quantitative estimate of drug-likeness (QED) is 0.815. The first-order valence-corrected chi connectivity index (χ1v) is 8.63. The molecule has 0 aliphatic carbocycles. The SMILES string of the molecule is CC(C)CC(C)NS(=O)(=O)c1ccc(C#CCN)cc1Cl. The molecule has 0 amide bonds. The van der Waals surface area contributed by atoms with Gasteiger partial charge in [0.05, 0.1) is 11.6 Å². The van der Waals surface area contributed by atoms with Gasteiger partial charge < -0.3 is 5.73 Å². The van der Waals surface area contributed by atoms with Gasteiger partial charge in [-0.05, 0) is 37.5 Å². The van der Waals surface area contributed by atoms with Crippen LogP contribution >= 0.6 is 11.6 Å². The van der Waals surface area contributed by atoms with E-state index in [2.05, 4.69) is 16.6 Å². The Hall–Kier alpha value is -1.06. The maximum atomic E-state index is 12.3. The summed E-state index contributed by atoms with van der Waals surface area (Å²) >= 11 is 6.06. The Kier molecular flexibility index (Phi) is 6.69. The van der Waals surface area contributed by atoms with Crippen molar-refractivity contribution in [3.05, 3.63) is 28.8 Å². The highest BCUT2D eigenvalue weighted by Crippen LogP contribution is 2.23. The summed E-state index contributed by atoms with van der Waals surface area (Å²) in [7, 11) is -3.63. The first-order chi connectivity index (χ1) is 9.76. The Labute approximate surface area is 132 Å². The van der Waals surface area contributed by atoms with Crippen molar-refractivity contribution in [2.75, 3.05) is 6.54 Å². The predicted molar refractivity (Wildman–Crippen MR) is 86.6 cm³/mol. The molecule has 0 saturated heterocycles. The number of halogens is 1. The van der Waals surface area contributed by atoms with Gasteiger partial charge in [-0.2, -0.15) is 0 Å². The summed E-state index contributed by atoms with van der Waals surface area (Å²) < 4.78 is 27.3. The minimum absolute atomic E-state index is 0.0677. The van der Waals surface area contributed by atoms with Crippen LogP contribution < -0.4 is 10.5 Å². The van der Waals surface area contributed by atoms with Gasteiger partial charge in [0.2, 0.25) is 10.0 Å². The summed E-state index contributed by atoms with van der Waals surface area (Å²) in [5.41, 5.74) is 5.93. The van der Waals surface area contributed by atoms with E-state index in [4.69, 9.17) is 17.3 Å². The van der Waals surface area contributed by atoms with Gasteiger partial charge in [-0.1, -0.05) is 37.3 Å². The molecule has 1 rings (SSSR count). The van der Waals surface area contributed by atoms with Crippen LogP contribution in [0.1, 0.15) is 32.8 Å². The summed E-state index contributed by atoms with van der Waals surface area (Å²) in [6.07, 6.45) is 0.761. The van der Waals surface area contributed by atoms with Crippen LogP contribution in [-0.4, -0.2) is 21.0 Å². The summed E-state index contributed by atoms with van der Waals surface area (Å²) in [5.74, 6) is 5.92. The number of hydrogen-bond donors (Lipinski definition) is 2. The molecule has 6 heteroatoms. The van der Waals surface area contributed by atoms with Crippen molar-refractivity contribution < 1.29 is 8.42 Å². The fraction of sp³-hybridized carbons (Fsp3) is 0.467. The number of hydrogen-bond acceptors (Lipinski definition) is 3. The van der Waals surface area contributed by atoms with E-state index in [-0.39, 0.29) is 22.5 Å². The van der Waals surface area contributed by atoms with Crippen molar-refractivity contribution in [3.8, 4) is 11.8 Å². The molecular weight excluding hydrogens is 308 g/mol. The maximum Gasteiger partial charge on any atom is 0.242 e. The largest absolute Gasteiger partial charge is 0.320 e. The number of rotatable bonds is 5. The minimum atomic E-state index is -3.63. The maximum absolute atomic E-state index is 12.3. The second-order valence-corrected chi connectivity index (χ2v) is 7.39. The van der Waals surface area contributed by atoms with Gasteiger partial charge in [-0.15, -0.1) is 0 Å². The van der Waals surface area contributed by atoms with E-state index in [1.165, 1.54) is 12.1 Å². The van der Waals surface area contributed by atoms with Gasteiger partial charge in [0.25, 0.3) is 0 Å². The van der Waals surface area contributed by atoms with Crippen LogP contribution in [0, 0.1) is 17.8 Å². The van der Waals surface area contributed by atoms with Crippen LogP contribution in [0.25, 0.3) is 0 Å². The van der Waals surface area contributed by atoms with E-state index in [0.717, 1.165) is 6.42 Å². The first kappa shape index (κ1) is 18.0. The average Bonchev–Trinajstić information content (AvgIpc) is 2.34. The Morgan fingerprint density at radius 1 is 1.33 bits per heavy atom. The molecule has 1 aromatic carbocycles. The number of nitrogens with one attached hydrogen (secondary N) is 1.